The van der Waals surface area contributed by atoms with Gasteiger partial charge in [-0.1, -0.05) is 24.3 Å². The van der Waals surface area contributed by atoms with Gasteiger partial charge >= 0.3 is 0 Å². The van der Waals surface area contributed by atoms with E-state index in [1.54, 1.807) is 111 Å². The highest BCUT2D eigenvalue weighted by atomic mass is 32.2. The standard InChI is InChI=1S/2C26H31N7O6S/c2*1-7-39-23(24-27-14-16(2)15-28-24)17(3)40(34,35)32-26-31-30-25(18-10-8-13-21(29-18)38-6)33(26)22-19(36-4)11-9-12-20(22)37-5/h2*8-15,17,23H,7H2,1-6H3,(H,31,32). The molecule has 0 aliphatic carbocycles. The number of pyridine rings is 2. The first-order valence-electron chi connectivity index (χ1n) is 24.7. The third kappa shape index (κ3) is 13.1. The summed E-state index contributed by atoms with van der Waals surface area (Å²) in [5, 5.41) is 14.7. The van der Waals surface area contributed by atoms with E-state index in [2.05, 4.69) is 59.7 Å². The van der Waals surface area contributed by atoms with Crippen molar-refractivity contribution in [3.05, 3.63) is 120 Å². The molecule has 0 spiro atoms. The number of benzene rings is 2. The number of aryl methyl sites for hydroxylation is 2. The number of hydrogen-bond donors (Lipinski definition) is 2. The Labute approximate surface area is 463 Å². The SMILES string of the molecule is CCOC(c1ncc(C)cn1)C(C)S(=O)(=O)Nc1nnc(-c2cccc(OC)n2)n1-c1c(OC)cccc1OC.CCOC(c1ncc(C)cn1)C(C)S(=O)(=O)Nc1nnc(-c2cccc(OC)n2)n1-c1c(OC)cccc1OC. The molecule has 80 heavy (non-hydrogen) atoms. The number of methoxy groups -OCH3 is 6. The lowest BCUT2D eigenvalue weighted by atomic mass is 10.2. The van der Waals surface area contributed by atoms with Crippen LogP contribution in [-0.2, 0) is 29.5 Å². The van der Waals surface area contributed by atoms with Gasteiger partial charge < -0.3 is 37.9 Å². The molecular weight excluding hydrogens is 1080 g/mol. The Morgan fingerprint density at radius 1 is 0.475 bits per heavy atom. The van der Waals surface area contributed by atoms with Gasteiger partial charge in [-0.2, -0.15) is 0 Å². The van der Waals surface area contributed by atoms with Crippen LogP contribution in [0.5, 0.6) is 34.8 Å². The molecule has 26 nitrogen and oxygen atoms in total. The van der Waals surface area contributed by atoms with Crippen molar-refractivity contribution in [2.45, 2.75) is 64.3 Å². The molecule has 4 unspecified atom stereocenters. The van der Waals surface area contributed by atoms with E-state index in [4.69, 9.17) is 37.9 Å². The van der Waals surface area contributed by atoms with E-state index >= 15 is 0 Å². The maximum Gasteiger partial charge on any atom is 0.243 e. The van der Waals surface area contributed by atoms with Gasteiger partial charge in [0.05, 0.1) is 42.7 Å². The molecule has 8 rings (SSSR count). The lowest BCUT2D eigenvalue weighted by Gasteiger charge is -2.23. The largest absolute Gasteiger partial charge is 0.494 e. The third-order valence-corrected chi connectivity index (χ3v) is 15.4. The zero-order valence-corrected chi connectivity index (χ0v) is 47.7. The van der Waals surface area contributed by atoms with Gasteiger partial charge in [-0.25, -0.2) is 46.7 Å². The molecule has 0 fully saturated rings. The highest BCUT2D eigenvalue weighted by molar-refractivity contribution is 7.93. The highest BCUT2D eigenvalue weighted by Gasteiger charge is 2.37. The second-order valence-corrected chi connectivity index (χ2v) is 21.3. The number of sulfonamides is 2. The van der Waals surface area contributed by atoms with Gasteiger partial charge in [-0.15, -0.1) is 20.4 Å². The smallest absolute Gasteiger partial charge is 0.243 e. The minimum Gasteiger partial charge on any atom is -0.494 e. The number of ether oxygens (including phenoxy) is 8. The average Bonchev–Trinajstić information content (AvgIpc) is 4.08. The number of para-hydroxylation sites is 2. The van der Waals surface area contributed by atoms with Gasteiger partial charge in [-0.05, 0) is 89.1 Å². The zero-order chi connectivity index (χ0) is 57.7. The molecule has 6 heterocycles. The summed E-state index contributed by atoms with van der Waals surface area (Å²) in [5.74, 6) is 2.93. The van der Waals surface area contributed by atoms with Crippen molar-refractivity contribution in [2.75, 3.05) is 65.3 Å². The number of nitrogens with one attached hydrogen (secondary N) is 2. The fourth-order valence-electron chi connectivity index (χ4n) is 7.93. The van der Waals surface area contributed by atoms with E-state index in [9.17, 15) is 16.8 Å². The van der Waals surface area contributed by atoms with Gasteiger partial charge in [0.25, 0.3) is 0 Å². The Morgan fingerprint density at radius 3 is 1.10 bits per heavy atom. The molecule has 0 saturated carbocycles. The van der Waals surface area contributed by atoms with Gasteiger partial charge in [0.2, 0.25) is 43.7 Å². The van der Waals surface area contributed by atoms with E-state index in [1.165, 1.54) is 65.6 Å². The predicted molar refractivity (Wildman–Crippen MR) is 295 cm³/mol. The Kier molecular flexibility index (Phi) is 19.5. The van der Waals surface area contributed by atoms with Crippen LogP contribution in [0.1, 0.15) is 62.7 Å². The molecular formula is C52H62N14O12S2. The molecule has 0 aliphatic heterocycles. The first-order valence-corrected chi connectivity index (χ1v) is 27.8. The molecule has 0 aliphatic rings. The number of aromatic nitrogens is 12. The monoisotopic (exact) mass is 1140 g/mol. The molecule has 0 amide bonds. The summed E-state index contributed by atoms with van der Waals surface area (Å²) in [7, 11) is 0.658. The fourth-order valence-corrected chi connectivity index (χ4v) is 10.1. The normalized spacial score (nSPS) is 12.9. The molecule has 2 N–H and O–H groups in total. The first-order chi connectivity index (χ1) is 38.5. The van der Waals surface area contributed by atoms with Gasteiger partial charge in [-0.3, -0.25) is 18.6 Å². The van der Waals surface area contributed by atoms with Crippen LogP contribution in [-0.4, -0.2) is 143 Å². The van der Waals surface area contributed by atoms with E-state index < -0.39 is 42.8 Å². The zero-order valence-electron chi connectivity index (χ0n) is 46.0. The topological polar surface area (TPSA) is 305 Å². The number of anilines is 2. The second-order valence-electron chi connectivity index (χ2n) is 17.2. The summed E-state index contributed by atoms with van der Waals surface area (Å²) in [6.45, 7) is 10.8. The Morgan fingerprint density at radius 2 is 0.800 bits per heavy atom. The van der Waals surface area contributed by atoms with Crippen LogP contribution in [0.15, 0.2) is 97.6 Å². The predicted octanol–water partition coefficient (Wildman–Crippen LogP) is 6.72. The molecule has 0 bridgehead atoms. The molecule has 2 aromatic carbocycles. The van der Waals surface area contributed by atoms with Crippen LogP contribution in [0.3, 0.4) is 0 Å². The molecule has 0 radical (unpaired) electrons. The summed E-state index contributed by atoms with van der Waals surface area (Å²) in [6, 6.07) is 20.6. The summed E-state index contributed by atoms with van der Waals surface area (Å²) in [4.78, 5) is 26.1. The van der Waals surface area contributed by atoms with Crippen molar-refractivity contribution in [3.63, 3.8) is 0 Å². The summed E-state index contributed by atoms with van der Waals surface area (Å²) in [6.07, 6.45) is 4.55. The van der Waals surface area contributed by atoms with Crippen molar-refractivity contribution in [1.82, 2.24) is 59.4 Å². The molecule has 0 saturated heterocycles. The van der Waals surface area contributed by atoms with E-state index in [0.29, 0.717) is 57.5 Å². The fraction of sp³-hybridized carbons (Fsp3) is 0.346. The Hall–Kier alpha value is -8.60. The van der Waals surface area contributed by atoms with Crippen LogP contribution in [0.4, 0.5) is 11.9 Å². The van der Waals surface area contributed by atoms with Gasteiger partial charge in [0.1, 0.15) is 68.5 Å². The van der Waals surface area contributed by atoms with Crippen molar-refractivity contribution in [1.29, 1.82) is 0 Å². The molecule has 4 atom stereocenters. The number of rotatable bonds is 24. The van der Waals surface area contributed by atoms with Crippen molar-refractivity contribution >= 4 is 31.9 Å². The van der Waals surface area contributed by atoms with Crippen LogP contribution in [0, 0.1) is 13.8 Å². The molecule has 8 aromatic rings. The van der Waals surface area contributed by atoms with Crippen LogP contribution < -0.4 is 37.9 Å². The quantitative estimate of drug-likeness (QED) is 0.0634. The number of nitrogens with zero attached hydrogens (tertiary/aromatic N) is 12. The van der Waals surface area contributed by atoms with E-state index in [1.807, 2.05) is 13.8 Å². The van der Waals surface area contributed by atoms with E-state index in [0.717, 1.165) is 11.1 Å². The maximum atomic E-state index is 13.8. The van der Waals surface area contributed by atoms with Crippen molar-refractivity contribution < 1.29 is 54.7 Å². The molecule has 6 aromatic heterocycles. The lowest BCUT2D eigenvalue weighted by Crippen LogP contribution is -2.34. The van der Waals surface area contributed by atoms with Crippen LogP contribution in [0.2, 0.25) is 0 Å². The Bertz CT molecular complexity index is 3310. The maximum absolute atomic E-state index is 13.8. The van der Waals surface area contributed by atoms with Crippen molar-refractivity contribution in [2.24, 2.45) is 0 Å². The minimum absolute atomic E-state index is 0.116. The highest BCUT2D eigenvalue weighted by Crippen LogP contribution is 2.40. The summed E-state index contributed by atoms with van der Waals surface area (Å²) < 4.78 is 108. The first kappa shape index (κ1) is 59.1. The Balaban J connectivity index is 0.000000231. The van der Waals surface area contributed by atoms with Gasteiger partial charge in [0, 0.05) is 50.1 Å². The number of hydrogen-bond acceptors (Lipinski definition) is 22. The minimum atomic E-state index is -4.15. The van der Waals surface area contributed by atoms with Crippen LogP contribution >= 0.6 is 0 Å². The van der Waals surface area contributed by atoms with Crippen molar-refractivity contribution in [3.8, 4) is 69.2 Å². The van der Waals surface area contributed by atoms with Gasteiger partial charge in [0.15, 0.2) is 23.3 Å². The summed E-state index contributed by atoms with van der Waals surface area (Å²) >= 11 is 0. The average molecular weight is 1140 g/mol. The molecule has 424 valence electrons. The van der Waals surface area contributed by atoms with Crippen LogP contribution in [0.25, 0.3) is 34.4 Å². The molecule has 28 heteroatoms. The lowest BCUT2D eigenvalue weighted by molar-refractivity contribution is 0.0556. The summed E-state index contributed by atoms with van der Waals surface area (Å²) in [5.41, 5.74) is 3.16. The van der Waals surface area contributed by atoms with E-state index in [-0.39, 0.29) is 48.4 Å². The third-order valence-electron chi connectivity index (χ3n) is 12.0. The second kappa shape index (κ2) is 26.4.